The summed E-state index contributed by atoms with van der Waals surface area (Å²) in [5.41, 5.74) is 13.3. The van der Waals surface area contributed by atoms with E-state index in [1.54, 1.807) is 0 Å². The van der Waals surface area contributed by atoms with Gasteiger partial charge in [-0.25, -0.2) is 5.43 Å². The Morgan fingerprint density at radius 1 is 1.04 bits per heavy atom. The summed E-state index contributed by atoms with van der Waals surface area (Å²) in [5.74, 6) is -0.255. The van der Waals surface area contributed by atoms with Crippen molar-refractivity contribution in [3.8, 4) is 0 Å². The number of para-hydroxylation sites is 1. The number of benzene rings is 2. The Morgan fingerprint density at radius 3 is 2.35 bits per heavy atom. The number of hydrogen-bond acceptors (Lipinski definition) is 4. The largest absolute Gasteiger partial charge is 0.461 e. The van der Waals surface area contributed by atoms with Crippen molar-refractivity contribution in [3.05, 3.63) is 64.2 Å². The first kappa shape index (κ1) is 17.0. The van der Waals surface area contributed by atoms with Crippen LogP contribution >= 0.6 is 0 Å². The molecule has 4 nitrogen and oxygen atoms in total. The van der Waals surface area contributed by atoms with E-state index in [1.165, 1.54) is 23.6 Å². The standard InChI is InChI=1S/C19H24N2O2/c1-13-10-14(2)19(12-23-16(4)22)15(3)18(13)11-20-21-17-8-6-5-7-9-17/h5-10,20-21H,11-12H2,1-4H3. The summed E-state index contributed by atoms with van der Waals surface area (Å²) in [6.45, 7) is 8.70. The van der Waals surface area contributed by atoms with Gasteiger partial charge in [0.2, 0.25) is 0 Å². The van der Waals surface area contributed by atoms with Crippen LogP contribution in [0, 0.1) is 20.8 Å². The highest BCUT2D eigenvalue weighted by molar-refractivity contribution is 5.66. The Labute approximate surface area is 137 Å². The zero-order valence-corrected chi connectivity index (χ0v) is 14.2. The lowest BCUT2D eigenvalue weighted by Crippen LogP contribution is -2.22. The third-order valence-electron chi connectivity index (χ3n) is 3.98. The van der Waals surface area contributed by atoms with Crippen molar-refractivity contribution in [2.75, 3.05) is 5.43 Å². The smallest absolute Gasteiger partial charge is 0.302 e. The van der Waals surface area contributed by atoms with Crippen molar-refractivity contribution in [1.29, 1.82) is 0 Å². The van der Waals surface area contributed by atoms with Crippen LogP contribution in [-0.4, -0.2) is 5.97 Å². The van der Waals surface area contributed by atoms with E-state index in [0.29, 0.717) is 13.2 Å². The van der Waals surface area contributed by atoms with E-state index in [4.69, 9.17) is 4.74 Å². The molecule has 23 heavy (non-hydrogen) atoms. The molecule has 2 rings (SSSR count). The maximum absolute atomic E-state index is 11.1. The first-order valence-corrected chi connectivity index (χ1v) is 7.75. The van der Waals surface area contributed by atoms with Gasteiger partial charge in [-0.3, -0.25) is 4.79 Å². The summed E-state index contributed by atoms with van der Waals surface area (Å²) in [5, 5.41) is 0. The van der Waals surface area contributed by atoms with Crippen molar-refractivity contribution >= 4 is 11.7 Å². The number of ether oxygens (including phenoxy) is 1. The number of carbonyl (C=O) groups is 1. The number of hydrogen-bond donors (Lipinski definition) is 2. The molecule has 0 saturated carbocycles. The molecule has 0 aliphatic carbocycles. The van der Waals surface area contributed by atoms with E-state index in [1.807, 2.05) is 30.3 Å². The summed E-state index contributed by atoms with van der Waals surface area (Å²) in [4.78, 5) is 11.1. The van der Waals surface area contributed by atoms with Crippen LogP contribution in [0.3, 0.4) is 0 Å². The van der Waals surface area contributed by atoms with Gasteiger partial charge in [-0.2, -0.15) is 0 Å². The molecule has 122 valence electrons. The van der Waals surface area contributed by atoms with Crippen molar-refractivity contribution in [2.24, 2.45) is 0 Å². The zero-order chi connectivity index (χ0) is 16.8. The van der Waals surface area contributed by atoms with Crippen LogP contribution < -0.4 is 10.9 Å². The van der Waals surface area contributed by atoms with E-state index < -0.39 is 0 Å². The number of rotatable bonds is 6. The minimum absolute atomic E-state index is 0.255. The van der Waals surface area contributed by atoms with Gasteiger partial charge < -0.3 is 10.2 Å². The van der Waals surface area contributed by atoms with Gasteiger partial charge in [-0.15, -0.1) is 0 Å². The van der Waals surface area contributed by atoms with Crippen molar-refractivity contribution in [3.63, 3.8) is 0 Å². The lowest BCUT2D eigenvalue weighted by Gasteiger charge is -2.18. The van der Waals surface area contributed by atoms with Crippen LogP contribution in [0.1, 0.15) is 34.7 Å². The molecule has 0 amide bonds. The van der Waals surface area contributed by atoms with Crippen LogP contribution in [0.15, 0.2) is 36.4 Å². The van der Waals surface area contributed by atoms with Gasteiger partial charge in [0.15, 0.2) is 0 Å². The van der Waals surface area contributed by atoms with Crippen LogP contribution in [0.4, 0.5) is 5.69 Å². The predicted molar refractivity (Wildman–Crippen MR) is 93.0 cm³/mol. The minimum Gasteiger partial charge on any atom is -0.461 e. The summed E-state index contributed by atoms with van der Waals surface area (Å²) in [6.07, 6.45) is 0. The number of hydrazine groups is 1. The maximum atomic E-state index is 11.1. The van der Waals surface area contributed by atoms with Gasteiger partial charge in [0, 0.05) is 19.2 Å². The molecule has 0 atom stereocenters. The second-order valence-corrected chi connectivity index (χ2v) is 5.72. The minimum atomic E-state index is -0.255. The Balaban J connectivity index is 2.11. The maximum Gasteiger partial charge on any atom is 0.302 e. The molecule has 0 heterocycles. The normalized spacial score (nSPS) is 10.4. The molecule has 0 saturated heterocycles. The zero-order valence-electron chi connectivity index (χ0n) is 14.2. The van der Waals surface area contributed by atoms with Gasteiger partial charge in [-0.05, 0) is 60.7 Å². The van der Waals surface area contributed by atoms with Gasteiger partial charge in [-0.1, -0.05) is 24.3 Å². The highest BCUT2D eigenvalue weighted by Crippen LogP contribution is 2.23. The Kier molecular flexibility index (Phi) is 5.77. The lowest BCUT2D eigenvalue weighted by molar-refractivity contribution is -0.142. The van der Waals surface area contributed by atoms with Crippen molar-refractivity contribution in [2.45, 2.75) is 40.8 Å². The first-order valence-electron chi connectivity index (χ1n) is 7.75. The number of carbonyl (C=O) groups excluding carboxylic acids is 1. The fraction of sp³-hybridized carbons (Fsp3) is 0.316. The molecule has 0 aromatic heterocycles. The number of aryl methyl sites for hydroxylation is 2. The molecule has 2 aromatic rings. The first-order chi connectivity index (χ1) is 11.0. The van der Waals surface area contributed by atoms with E-state index in [-0.39, 0.29) is 5.97 Å². The lowest BCUT2D eigenvalue weighted by atomic mass is 9.94. The number of anilines is 1. The fourth-order valence-electron chi connectivity index (χ4n) is 2.70. The highest BCUT2D eigenvalue weighted by atomic mass is 16.5. The Bertz CT molecular complexity index is 682. The summed E-state index contributed by atoms with van der Waals surface area (Å²) in [7, 11) is 0. The van der Waals surface area contributed by atoms with Crippen LogP contribution in [-0.2, 0) is 22.7 Å². The van der Waals surface area contributed by atoms with Gasteiger partial charge in [0.05, 0.1) is 0 Å². The molecule has 0 unspecified atom stereocenters. The predicted octanol–water partition coefficient (Wildman–Crippen LogP) is 3.79. The second kappa shape index (κ2) is 7.79. The molecule has 2 aromatic carbocycles. The third kappa shape index (κ3) is 4.57. The summed E-state index contributed by atoms with van der Waals surface area (Å²) < 4.78 is 5.18. The number of esters is 1. The fourth-order valence-corrected chi connectivity index (χ4v) is 2.70. The van der Waals surface area contributed by atoms with Crippen molar-refractivity contribution < 1.29 is 9.53 Å². The molecule has 0 radical (unpaired) electrons. The van der Waals surface area contributed by atoms with Crippen molar-refractivity contribution in [1.82, 2.24) is 5.43 Å². The summed E-state index contributed by atoms with van der Waals surface area (Å²) in [6, 6.07) is 12.1. The highest BCUT2D eigenvalue weighted by Gasteiger charge is 2.12. The molecular formula is C19H24N2O2. The van der Waals surface area contributed by atoms with E-state index in [2.05, 4.69) is 37.7 Å². The molecule has 0 fully saturated rings. The monoisotopic (exact) mass is 312 g/mol. The molecule has 0 spiro atoms. The average Bonchev–Trinajstić information content (AvgIpc) is 2.51. The Hall–Kier alpha value is -2.33. The van der Waals surface area contributed by atoms with Crippen LogP contribution in [0.25, 0.3) is 0 Å². The average molecular weight is 312 g/mol. The molecule has 2 N–H and O–H groups in total. The van der Waals surface area contributed by atoms with Gasteiger partial charge in [0.1, 0.15) is 6.61 Å². The van der Waals surface area contributed by atoms with E-state index >= 15 is 0 Å². The van der Waals surface area contributed by atoms with Crippen LogP contribution in [0.2, 0.25) is 0 Å². The molecule has 4 heteroatoms. The topological polar surface area (TPSA) is 50.4 Å². The SMILES string of the molecule is CC(=O)OCc1c(C)cc(C)c(CNNc2ccccc2)c1C. The van der Waals surface area contributed by atoms with Gasteiger partial charge in [0.25, 0.3) is 0 Å². The summed E-state index contributed by atoms with van der Waals surface area (Å²) >= 11 is 0. The second-order valence-electron chi connectivity index (χ2n) is 5.72. The molecule has 0 aliphatic heterocycles. The molecule has 0 bridgehead atoms. The van der Waals surface area contributed by atoms with E-state index in [9.17, 15) is 4.79 Å². The third-order valence-corrected chi connectivity index (χ3v) is 3.98. The van der Waals surface area contributed by atoms with E-state index in [0.717, 1.165) is 16.8 Å². The van der Waals surface area contributed by atoms with Crippen LogP contribution in [0.5, 0.6) is 0 Å². The molecular weight excluding hydrogens is 288 g/mol. The Morgan fingerprint density at radius 2 is 1.70 bits per heavy atom. The molecule has 0 aliphatic rings. The quantitative estimate of drug-likeness (QED) is 0.629. The number of nitrogens with one attached hydrogen (secondary N) is 2. The van der Waals surface area contributed by atoms with Gasteiger partial charge >= 0.3 is 5.97 Å².